The third-order valence-corrected chi connectivity index (χ3v) is 4.29. The number of rotatable bonds is 4. The molecule has 1 atom stereocenters. The summed E-state index contributed by atoms with van der Waals surface area (Å²) in [5.41, 5.74) is 2.53. The highest BCUT2D eigenvalue weighted by atomic mass is 16.5. The minimum absolute atomic E-state index is 0.142. The lowest BCUT2D eigenvalue weighted by atomic mass is 10.0. The van der Waals surface area contributed by atoms with Crippen LogP contribution in [-0.2, 0) is 4.74 Å². The van der Waals surface area contributed by atoms with Gasteiger partial charge in [0.25, 0.3) is 11.5 Å². The van der Waals surface area contributed by atoms with Crippen molar-refractivity contribution in [3.63, 3.8) is 0 Å². The van der Waals surface area contributed by atoms with E-state index in [9.17, 15) is 9.59 Å². The Morgan fingerprint density at radius 2 is 2.21 bits per heavy atom. The summed E-state index contributed by atoms with van der Waals surface area (Å²) in [6.45, 7) is 4.00. The topological polar surface area (TPSA) is 71.2 Å². The van der Waals surface area contributed by atoms with E-state index >= 15 is 0 Å². The first-order valence-electron chi connectivity index (χ1n) is 8.30. The van der Waals surface area contributed by atoms with Gasteiger partial charge in [-0.05, 0) is 49.4 Å². The predicted octanol–water partition coefficient (Wildman–Crippen LogP) is 2.51. The molecular weight excluding hydrogens is 304 g/mol. The van der Waals surface area contributed by atoms with Crippen molar-refractivity contribution in [2.24, 2.45) is 5.92 Å². The smallest absolute Gasteiger partial charge is 0.261 e. The highest BCUT2D eigenvalue weighted by molar-refractivity contribution is 5.94. The molecule has 24 heavy (non-hydrogen) atoms. The monoisotopic (exact) mass is 326 g/mol. The lowest BCUT2D eigenvalue weighted by molar-refractivity contribution is 0.0536. The van der Waals surface area contributed by atoms with E-state index in [1.54, 1.807) is 12.1 Å². The lowest BCUT2D eigenvalue weighted by Gasteiger charge is -2.22. The molecule has 1 aliphatic rings. The number of aryl methyl sites for hydroxylation is 1. The molecule has 1 aliphatic heterocycles. The Kier molecular flexibility index (Phi) is 5.11. The second kappa shape index (κ2) is 7.45. The molecule has 1 saturated heterocycles. The van der Waals surface area contributed by atoms with Gasteiger partial charge < -0.3 is 15.0 Å². The number of nitrogens with one attached hydrogen (secondary N) is 2. The van der Waals surface area contributed by atoms with Crippen molar-refractivity contribution in [1.82, 2.24) is 10.3 Å². The van der Waals surface area contributed by atoms with Crippen molar-refractivity contribution in [2.45, 2.75) is 19.8 Å². The molecule has 1 aromatic heterocycles. The molecule has 2 heterocycles. The number of pyridine rings is 1. The summed E-state index contributed by atoms with van der Waals surface area (Å²) in [4.78, 5) is 27.3. The number of amides is 1. The number of ether oxygens (including phenoxy) is 1. The molecule has 0 spiro atoms. The van der Waals surface area contributed by atoms with E-state index in [1.165, 1.54) is 0 Å². The Bertz CT molecular complexity index is 776. The van der Waals surface area contributed by atoms with Gasteiger partial charge in [-0.15, -0.1) is 0 Å². The first-order valence-corrected chi connectivity index (χ1v) is 8.30. The standard InChI is InChI=1S/C19H22N2O3/c1-13-4-2-6-15(10-13)17-8-7-16(19(23)21-17)18(22)20-11-14-5-3-9-24-12-14/h2,4,6-8,10,14H,3,5,9,11-12H2,1H3,(H,20,22)(H,21,23). The second-order valence-electron chi connectivity index (χ2n) is 6.28. The van der Waals surface area contributed by atoms with Gasteiger partial charge in [-0.3, -0.25) is 9.59 Å². The second-order valence-corrected chi connectivity index (χ2v) is 6.28. The number of aromatic nitrogens is 1. The van der Waals surface area contributed by atoms with Crippen molar-refractivity contribution in [1.29, 1.82) is 0 Å². The number of H-pyrrole nitrogens is 1. The molecular formula is C19H22N2O3. The van der Waals surface area contributed by atoms with E-state index in [1.807, 2.05) is 31.2 Å². The zero-order chi connectivity index (χ0) is 16.9. The van der Waals surface area contributed by atoms with Gasteiger partial charge in [-0.25, -0.2) is 0 Å². The van der Waals surface area contributed by atoms with Crippen molar-refractivity contribution < 1.29 is 9.53 Å². The number of benzene rings is 1. The summed E-state index contributed by atoms with van der Waals surface area (Å²) >= 11 is 0. The van der Waals surface area contributed by atoms with Crippen LogP contribution < -0.4 is 10.9 Å². The molecule has 0 aliphatic carbocycles. The molecule has 1 amide bonds. The van der Waals surface area contributed by atoms with Crippen LogP contribution in [0.3, 0.4) is 0 Å². The Morgan fingerprint density at radius 1 is 1.33 bits per heavy atom. The van der Waals surface area contributed by atoms with Crippen LogP contribution in [-0.4, -0.2) is 30.6 Å². The molecule has 2 aromatic rings. The van der Waals surface area contributed by atoms with Crippen molar-refractivity contribution in [3.8, 4) is 11.3 Å². The van der Waals surface area contributed by atoms with Gasteiger partial charge in [0.1, 0.15) is 5.56 Å². The van der Waals surface area contributed by atoms with Gasteiger partial charge in [0.05, 0.1) is 6.61 Å². The normalized spacial score (nSPS) is 17.5. The third kappa shape index (κ3) is 3.92. The van der Waals surface area contributed by atoms with Crippen LogP contribution in [0.2, 0.25) is 0 Å². The summed E-state index contributed by atoms with van der Waals surface area (Å²) < 4.78 is 5.40. The SMILES string of the molecule is Cc1cccc(-c2ccc(C(=O)NCC3CCCOC3)c(=O)[nH]2)c1. The van der Waals surface area contributed by atoms with Crippen molar-refractivity contribution in [2.75, 3.05) is 19.8 Å². The zero-order valence-electron chi connectivity index (χ0n) is 13.8. The van der Waals surface area contributed by atoms with Crippen molar-refractivity contribution in [3.05, 3.63) is 57.9 Å². The number of hydrogen-bond donors (Lipinski definition) is 2. The largest absolute Gasteiger partial charge is 0.381 e. The first-order chi connectivity index (χ1) is 11.6. The summed E-state index contributed by atoms with van der Waals surface area (Å²) in [5.74, 6) is -0.00837. The quantitative estimate of drug-likeness (QED) is 0.907. The molecule has 1 fully saturated rings. The van der Waals surface area contributed by atoms with Crippen LogP contribution in [0.5, 0.6) is 0 Å². The number of carbonyl (C=O) groups excluding carboxylic acids is 1. The Morgan fingerprint density at radius 3 is 2.92 bits per heavy atom. The minimum atomic E-state index is -0.369. The van der Waals surface area contributed by atoms with Gasteiger partial charge in [-0.2, -0.15) is 0 Å². The molecule has 2 N–H and O–H groups in total. The highest BCUT2D eigenvalue weighted by Crippen LogP contribution is 2.17. The average Bonchev–Trinajstić information content (AvgIpc) is 2.60. The fraction of sp³-hybridized carbons (Fsp3) is 0.368. The van der Waals surface area contributed by atoms with E-state index in [4.69, 9.17) is 4.74 Å². The Labute approximate surface area is 141 Å². The Balaban J connectivity index is 1.70. The molecule has 5 nitrogen and oxygen atoms in total. The fourth-order valence-electron chi connectivity index (χ4n) is 2.93. The fourth-order valence-corrected chi connectivity index (χ4v) is 2.93. The molecule has 5 heteroatoms. The van der Waals surface area contributed by atoms with E-state index in [0.717, 1.165) is 30.6 Å². The van der Waals surface area contributed by atoms with Crippen LogP contribution in [0.25, 0.3) is 11.3 Å². The maximum atomic E-state index is 12.2. The third-order valence-electron chi connectivity index (χ3n) is 4.29. The summed E-state index contributed by atoms with van der Waals surface area (Å²) in [6.07, 6.45) is 2.06. The average molecular weight is 326 g/mol. The van der Waals surface area contributed by atoms with Gasteiger partial charge in [-0.1, -0.05) is 23.8 Å². The van der Waals surface area contributed by atoms with E-state index in [2.05, 4.69) is 10.3 Å². The summed E-state index contributed by atoms with van der Waals surface area (Å²) in [5, 5.41) is 2.84. The van der Waals surface area contributed by atoms with E-state index < -0.39 is 0 Å². The number of hydrogen-bond acceptors (Lipinski definition) is 3. The van der Waals surface area contributed by atoms with E-state index in [-0.39, 0.29) is 17.0 Å². The number of aromatic amines is 1. The maximum Gasteiger partial charge on any atom is 0.261 e. The van der Waals surface area contributed by atoms with Crippen LogP contribution >= 0.6 is 0 Å². The van der Waals surface area contributed by atoms with Gasteiger partial charge in [0.2, 0.25) is 0 Å². The molecule has 1 unspecified atom stereocenters. The molecule has 3 rings (SSSR count). The molecule has 126 valence electrons. The number of carbonyl (C=O) groups is 1. The molecule has 0 bridgehead atoms. The van der Waals surface area contributed by atoms with Crippen LogP contribution in [0, 0.1) is 12.8 Å². The van der Waals surface area contributed by atoms with Crippen LogP contribution in [0.1, 0.15) is 28.8 Å². The predicted molar refractivity (Wildman–Crippen MR) is 93.1 cm³/mol. The molecule has 0 radical (unpaired) electrons. The highest BCUT2D eigenvalue weighted by Gasteiger charge is 2.17. The Hall–Kier alpha value is -2.40. The van der Waals surface area contributed by atoms with E-state index in [0.29, 0.717) is 24.8 Å². The lowest BCUT2D eigenvalue weighted by Crippen LogP contribution is -2.35. The zero-order valence-corrected chi connectivity index (χ0v) is 13.8. The van der Waals surface area contributed by atoms with Crippen LogP contribution in [0.4, 0.5) is 0 Å². The van der Waals surface area contributed by atoms with Gasteiger partial charge in [0.15, 0.2) is 0 Å². The summed E-state index contributed by atoms with van der Waals surface area (Å²) in [6, 6.07) is 11.2. The molecule has 0 saturated carbocycles. The summed E-state index contributed by atoms with van der Waals surface area (Å²) in [7, 11) is 0. The minimum Gasteiger partial charge on any atom is -0.381 e. The van der Waals surface area contributed by atoms with Gasteiger partial charge >= 0.3 is 0 Å². The van der Waals surface area contributed by atoms with Gasteiger partial charge in [0, 0.05) is 18.8 Å². The van der Waals surface area contributed by atoms with Crippen molar-refractivity contribution >= 4 is 5.91 Å². The molecule has 1 aromatic carbocycles. The first kappa shape index (κ1) is 16.5. The maximum absolute atomic E-state index is 12.2. The van der Waals surface area contributed by atoms with Crippen LogP contribution in [0.15, 0.2) is 41.2 Å².